The number of aromatic nitrogens is 3. The molecule has 0 radical (unpaired) electrons. The molecule has 0 aliphatic rings. The summed E-state index contributed by atoms with van der Waals surface area (Å²) in [5, 5.41) is 6.21. The highest BCUT2D eigenvalue weighted by atomic mass is 16.2. The van der Waals surface area contributed by atoms with E-state index >= 15 is 0 Å². The van der Waals surface area contributed by atoms with Crippen molar-refractivity contribution < 1.29 is 9.59 Å². The number of nitrogens with zero attached hydrogens (tertiary/aromatic N) is 6. The van der Waals surface area contributed by atoms with Gasteiger partial charge >= 0.3 is 0 Å². The average molecular weight is 583 g/mol. The van der Waals surface area contributed by atoms with Gasteiger partial charge in [0, 0.05) is 63.5 Å². The standard InChI is InChI=1S/C33H42N8O2/c1-7-21-40(5)31-28(24-36-33(38-31)35-20-17-26-15-18-34-19-16-26)14-13-27-10-8-11-29(23-27)37-32(43)25(2)41(6)30(42)12-9-22-39(3)4/h8-12,15-16,18-19,23-25H,7,17,20-22H2,1-6H3,(H,37,43)(H,35,36,38)/t25-/m0/s1. The third-order valence-electron chi connectivity index (χ3n) is 6.65. The lowest BCUT2D eigenvalue weighted by Crippen LogP contribution is -2.42. The Hall–Kier alpha value is -4.75. The van der Waals surface area contributed by atoms with E-state index in [-0.39, 0.29) is 11.8 Å². The summed E-state index contributed by atoms with van der Waals surface area (Å²) in [7, 11) is 7.46. The molecule has 2 amide bonds. The summed E-state index contributed by atoms with van der Waals surface area (Å²) in [5.74, 6) is 7.18. The minimum atomic E-state index is -0.656. The van der Waals surface area contributed by atoms with Gasteiger partial charge in [-0.1, -0.05) is 30.9 Å². The first kappa shape index (κ1) is 32.8. The number of pyridine rings is 1. The molecule has 3 aromatic rings. The number of benzene rings is 1. The average Bonchev–Trinajstić information content (AvgIpc) is 3.00. The van der Waals surface area contributed by atoms with Gasteiger partial charge in [-0.3, -0.25) is 14.6 Å². The molecule has 3 rings (SSSR count). The first-order chi connectivity index (χ1) is 20.7. The summed E-state index contributed by atoms with van der Waals surface area (Å²) in [6.45, 7) is 5.98. The number of likely N-dealkylation sites (N-methyl/N-ethyl adjacent to an activating group) is 2. The maximum absolute atomic E-state index is 12.9. The van der Waals surface area contributed by atoms with Crippen LogP contribution in [0.2, 0.25) is 0 Å². The fraction of sp³-hybridized carbons (Fsp3) is 0.364. The second kappa shape index (κ2) is 16.6. The van der Waals surface area contributed by atoms with Crippen molar-refractivity contribution in [3.63, 3.8) is 0 Å². The van der Waals surface area contributed by atoms with Crippen LogP contribution < -0.4 is 15.5 Å². The van der Waals surface area contributed by atoms with Crippen molar-refractivity contribution >= 4 is 29.3 Å². The molecule has 0 spiro atoms. The summed E-state index contributed by atoms with van der Waals surface area (Å²) in [4.78, 5) is 44.1. The van der Waals surface area contributed by atoms with Gasteiger partial charge in [0.1, 0.15) is 11.9 Å². The summed E-state index contributed by atoms with van der Waals surface area (Å²) in [5.41, 5.74) is 3.22. The molecule has 2 N–H and O–H groups in total. The van der Waals surface area contributed by atoms with Crippen LogP contribution in [0.25, 0.3) is 0 Å². The van der Waals surface area contributed by atoms with Gasteiger partial charge in [-0.25, -0.2) is 4.98 Å². The van der Waals surface area contributed by atoms with Gasteiger partial charge < -0.3 is 25.3 Å². The minimum Gasteiger partial charge on any atom is -0.358 e. The van der Waals surface area contributed by atoms with Gasteiger partial charge in [-0.2, -0.15) is 4.98 Å². The fourth-order valence-electron chi connectivity index (χ4n) is 4.06. The van der Waals surface area contributed by atoms with Gasteiger partial charge in [0.05, 0.1) is 11.8 Å². The van der Waals surface area contributed by atoms with Crippen LogP contribution in [0.4, 0.5) is 17.5 Å². The van der Waals surface area contributed by atoms with E-state index in [1.807, 2.05) is 56.4 Å². The van der Waals surface area contributed by atoms with Crippen LogP contribution in [0.15, 0.2) is 67.1 Å². The molecule has 43 heavy (non-hydrogen) atoms. The Labute approximate surface area is 255 Å². The van der Waals surface area contributed by atoms with Crippen molar-refractivity contribution in [1.29, 1.82) is 0 Å². The van der Waals surface area contributed by atoms with Crippen LogP contribution in [0, 0.1) is 11.8 Å². The predicted molar refractivity (Wildman–Crippen MR) is 173 cm³/mol. The summed E-state index contributed by atoms with van der Waals surface area (Å²) < 4.78 is 0. The number of hydrogen-bond donors (Lipinski definition) is 2. The van der Waals surface area contributed by atoms with Crippen LogP contribution in [0.5, 0.6) is 0 Å². The minimum absolute atomic E-state index is 0.231. The summed E-state index contributed by atoms with van der Waals surface area (Å²) in [6.07, 6.45) is 10.4. The first-order valence-electron chi connectivity index (χ1n) is 14.4. The van der Waals surface area contributed by atoms with Crippen molar-refractivity contribution in [2.45, 2.75) is 32.7 Å². The number of hydrogen-bond acceptors (Lipinski definition) is 8. The molecule has 0 aliphatic carbocycles. The first-order valence-corrected chi connectivity index (χ1v) is 14.4. The zero-order valence-corrected chi connectivity index (χ0v) is 26.0. The van der Waals surface area contributed by atoms with Crippen LogP contribution >= 0.6 is 0 Å². The normalized spacial score (nSPS) is 11.5. The largest absolute Gasteiger partial charge is 0.358 e. The SMILES string of the molecule is CCCN(C)c1nc(NCCc2ccncc2)ncc1C#Cc1cccc(NC(=O)[C@H](C)N(C)C(=O)C=CCN(C)C)c1. The molecular weight excluding hydrogens is 540 g/mol. The number of carbonyl (C=O) groups excluding carboxylic acids is 2. The molecule has 0 saturated heterocycles. The number of amides is 2. The van der Waals surface area contributed by atoms with E-state index in [1.165, 1.54) is 16.5 Å². The molecule has 0 fully saturated rings. The predicted octanol–water partition coefficient (Wildman–Crippen LogP) is 3.68. The third kappa shape index (κ3) is 10.5. The lowest BCUT2D eigenvalue weighted by molar-refractivity contribution is -0.132. The molecule has 2 aromatic heterocycles. The Morgan fingerprint density at radius 1 is 1.07 bits per heavy atom. The Balaban J connectivity index is 1.70. The molecule has 226 valence electrons. The molecule has 1 atom stereocenters. The lowest BCUT2D eigenvalue weighted by atomic mass is 10.1. The Bertz CT molecular complexity index is 1450. The Morgan fingerprint density at radius 3 is 2.56 bits per heavy atom. The molecule has 0 bridgehead atoms. The summed E-state index contributed by atoms with van der Waals surface area (Å²) >= 11 is 0. The Morgan fingerprint density at radius 2 is 1.84 bits per heavy atom. The fourth-order valence-corrected chi connectivity index (χ4v) is 4.06. The van der Waals surface area contributed by atoms with Crippen LogP contribution in [-0.2, 0) is 16.0 Å². The van der Waals surface area contributed by atoms with Crippen LogP contribution in [0.1, 0.15) is 37.0 Å². The second-order valence-electron chi connectivity index (χ2n) is 10.5. The number of rotatable bonds is 13. The van der Waals surface area contributed by atoms with Crippen molar-refractivity contribution in [2.75, 3.05) is 63.4 Å². The van der Waals surface area contributed by atoms with E-state index in [2.05, 4.69) is 44.3 Å². The number of carbonyl (C=O) groups is 2. The maximum atomic E-state index is 12.9. The molecule has 2 heterocycles. The van der Waals surface area contributed by atoms with Gasteiger partial charge in [-0.15, -0.1) is 0 Å². The smallest absolute Gasteiger partial charge is 0.246 e. The van der Waals surface area contributed by atoms with Crippen molar-refractivity contribution in [2.24, 2.45) is 0 Å². The highest BCUT2D eigenvalue weighted by molar-refractivity contribution is 5.98. The van der Waals surface area contributed by atoms with Crippen molar-refractivity contribution in [3.05, 3.63) is 83.8 Å². The van der Waals surface area contributed by atoms with E-state index in [0.29, 0.717) is 30.3 Å². The topological polar surface area (TPSA) is 107 Å². The van der Waals surface area contributed by atoms with Gasteiger partial charge in [0.2, 0.25) is 17.8 Å². The molecule has 1 aromatic carbocycles. The molecule has 0 saturated carbocycles. The van der Waals surface area contributed by atoms with Crippen molar-refractivity contribution in [3.8, 4) is 11.8 Å². The zero-order valence-electron chi connectivity index (χ0n) is 26.0. The van der Waals surface area contributed by atoms with E-state index in [1.54, 1.807) is 44.7 Å². The molecule has 10 nitrogen and oxygen atoms in total. The second-order valence-corrected chi connectivity index (χ2v) is 10.5. The molecule has 0 aliphatic heterocycles. The molecular formula is C33H42N8O2. The van der Waals surface area contributed by atoms with E-state index < -0.39 is 6.04 Å². The zero-order chi connectivity index (χ0) is 31.2. The van der Waals surface area contributed by atoms with Gasteiger partial charge in [0.25, 0.3) is 0 Å². The number of nitrogens with one attached hydrogen (secondary N) is 2. The quantitative estimate of drug-likeness (QED) is 0.232. The monoisotopic (exact) mass is 582 g/mol. The van der Waals surface area contributed by atoms with Crippen molar-refractivity contribution in [1.82, 2.24) is 24.8 Å². The van der Waals surface area contributed by atoms with Gasteiger partial charge in [-0.05, 0) is 69.8 Å². The highest BCUT2D eigenvalue weighted by Gasteiger charge is 2.21. The maximum Gasteiger partial charge on any atom is 0.246 e. The Kier molecular flexibility index (Phi) is 12.7. The number of anilines is 3. The van der Waals surface area contributed by atoms with E-state index in [0.717, 1.165) is 30.8 Å². The molecule has 10 heteroatoms. The summed E-state index contributed by atoms with van der Waals surface area (Å²) in [6, 6.07) is 10.6. The third-order valence-corrected chi connectivity index (χ3v) is 6.65. The lowest BCUT2D eigenvalue weighted by Gasteiger charge is -2.23. The molecule has 0 unspecified atom stereocenters. The van der Waals surface area contributed by atoms with E-state index in [4.69, 9.17) is 4.98 Å². The van der Waals surface area contributed by atoms with E-state index in [9.17, 15) is 9.59 Å². The highest BCUT2D eigenvalue weighted by Crippen LogP contribution is 2.18. The van der Waals surface area contributed by atoms with Gasteiger partial charge in [0.15, 0.2) is 0 Å². The van der Waals surface area contributed by atoms with Crippen LogP contribution in [-0.4, -0.2) is 90.4 Å². The van der Waals surface area contributed by atoms with Crippen LogP contribution in [0.3, 0.4) is 0 Å².